The van der Waals surface area contributed by atoms with E-state index in [1.807, 2.05) is 0 Å². The van der Waals surface area contributed by atoms with Crippen molar-refractivity contribution in [3.05, 3.63) is 45.2 Å². The van der Waals surface area contributed by atoms with Crippen molar-refractivity contribution in [1.29, 1.82) is 5.26 Å². The first kappa shape index (κ1) is 20.0. The summed E-state index contributed by atoms with van der Waals surface area (Å²) in [6.45, 7) is 1.51. The zero-order valence-corrected chi connectivity index (χ0v) is 19.1. The van der Waals surface area contributed by atoms with E-state index in [-0.39, 0.29) is 0 Å². The van der Waals surface area contributed by atoms with Crippen molar-refractivity contribution in [3.8, 4) is 6.07 Å². The van der Waals surface area contributed by atoms with Crippen LogP contribution in [0.4, 0.5) is 11.8 Å². The summed E-state index contributed by atoms with van der Waals surface area (Å²) in [5.74, 6) is 3.35. The maximum atomic E-state index is 9.53. The van der Waals surface area contributed by atoms with Crippen molar-refractivity contribution < 1.29 is 0 Å². The number of nitriles is 1. The van der Waals surface area contributed by atoms with Gasteiger partial charge in [-0.25, -0.2) is 4.98 Å². The lowest BCUT2D eigenvalue weighted by atomic mass is 9.48. The molecule has 0 saturated heterocycles. The maximum Gasteiger partial charge on any atom is 0.224 e. The summed E-state index contributed by atoms with van der Waals surface area (Å²) in [4.78, 5) is 8.95. The molecular formula is C23H27IN6. The van der Waals surface area contributed by atoms with Gasteiger partial charge < -0.3 is 16.4 Å². The molecule has 4 aliphatic rings. The second kappa shape index (κ2) is 7.97. The molecule has 0 radical (unpaired) electrons. The van der Waals surface area contributed by atoms with Gasteiger partial charge in [0.2, 0.25) is 5.95 Å². The highest BCUT2D eigenvalue weighted by Crippen LogP contribution is 2.59. The minimum atomic E-state index is 0.304. The number of nitrogens with zero attached hydrogens (tertiary/aromatic N) is 3. The van der Waals surface area contributed by atoms with Crippen LogP contribution in [0.1, 0.15) is 43.2 Å². The topological polar surface area (TPSA) is 99.6 Å². The number of rotatable bonds is 6. The fraction of sp³-hybridized carbons (Fsp3) is 0.522. The van der Waals surface area contributed by atoms with Gasteiger partial charge >= 0.3 is 0 Å². The van der Waals surface area contributed by atoms with E-state index in [2.05, 4.69) is 73.5 Å². The van der Waals surface area contributed by atoms with Crippen LogP contribution in [0.25, 0.3) is 0 Å². The second-order valence-electron chi connectivity index (χ2n) is 9.45. The van der Waals surface area contributed by atoms with E-state index in [9.17, 15) is 5.26 Å². The number of nitrogens with one attached hydrogen (secondary N) is 2. The Labute approximate surface area is 191 Å². The number of nitrogens with two attached hydrogens (primary N) is 1. The average Bonchev–Trinajstić information content (AvgIpc) is 2.75. The highest BCUT2D eigenvalue weighted by molar-refractivity contribution is 14.1. The first-order chi connectivity index (χ1) is 14.5. The molecule has 30 heavy (non-hydrogen) atoms. The molecule has 4 bridgehead atoms. The molecule has 1 unspecified atom stereocenters. The molecule has 0 amide bonds. The van der Waals surface area contributed by atoms with Gasteiger partial charge in [-0.3, -0.25) is 0 Å². The van der Waals surface area contributed by atoms with E-state index in [0.717, 1.165) is 12.5 Å². The fourth-order valence-corrected chi connectivity index (χ4v) is 6.55. The molecule has 1 heterocycles. The summed E-state index contributed by atoms with van der Waals surface area (Å²) in [5, 5.41) is 16.3. The predicted molar refractivity (Wildman–Crippen MR) is 126 cm³/mol. The van der Waals surface area contributed by atoms with Gasteiger partial charge in [-0.15, -0.1) is 0 Å². The molecule has 4 fully saturated rings. The van der Waals surface area contributed by atoms with E-state index in [1.165, 1.54) is 41.2 Å². The van der Waals surface area contributed by atoms with E-state index in [4.69, 9.17) is 5.73 Å². The van der Waals surface area contributed by atoms with Gasteiger partial charge in [0.25, 0.3) is 0 Å². The second-order valence-corrected chi connectivity index (χ2v) is 10.7. The molecular weight excluding hydrogens is 487 g/mol. The number of halogens is 1. The average molecular weight is 514 g/mol. The van der Waals surface area contributed by atoms with Crippen molar-refractivity contribution in [1.82, 2.24) is 9.97 Å². The standard InChI is InChI=1S/C23H27IN6/c24-19-3-1-14(2-4-19)11-27-22-28-12-18(10-25)21(30-22)29-13-23-7-15-5-16(8-23)20(26)17(6-15)9-23/h1-4,12,15-17,20H,5-9,11,13,26H2,(H2,27,28,29,30)/t15?,16-,17+,20-,23-. The lowest BCUT2D eigenvalue weighted by Crippen LogP contribution is -2.58. The van der Waals surface area contributed by atoms with Gasteiger partial charge in [0.1, 0.15) is 17.5 Å². The van der Waals surface area contributed by atoms with Crippen LogP contribution in [-0.2, 0) is 6.54 Å². The van der Waals surface area contributed by atoms with Crippen molar-refractivity contribution in [2.45, 2.75) is 44.7 Å². The molecule has 5 atom stereocenters. The fourth-order valence-electron chi connectivity index (χ4n) is 6.19. The van der Waals surface area contributed by atoms with E-state index in [1.54, 1.807) is 6.20 Å². The zero-order valence-electron chi connectivity index (χ0n) is 16.9. The molecule has 0 spiro atoms. The Morgan fingerprint density at radius 3 is 2.57 bits per heavy atom. The Kier molecular flexibility index (Phi) is 5.31. The van der Waals surface area contributed by atoms with Gasteiger partial charge in [0.15, 0.2) is 0 Å². The van der Waals surface area contributed by atoms with Crippen LogP contribution in [0.15, 0.2) is 30.5 Å². The third-order valence-electron chi connectivity index (χ3n) is 7.38. The Morgan fingerprint density at radius 2 is 1.87 bits per heavy atom. The van der Waals surface area contributed by atoms with Crippen molar-refractivity contribution >= 4 is 34.4 Å². The minimum absolute atomic E-state index is 0.304. The normalized spacial score (nSPS) is 31.4. The van der Waals surface area contributed by atoms with Crippen LogP contribution in [0, 0.1) is 38.1 Å². The summed E-state index contributed by atoms with van der Waals surface area (Å²) in [5.41, 5.74) is 8.47. The first-order valence-corrected chi connectivity index (χ1v) is 11.9. The zero-order chi connectivity index (χ0) is 20.7. The molecule has 4 saturated carbocycles. The summed E-state index contributed by atoms with van der Waals surface area (Å²) >= 11 is 2.30. The monoisotopic (exact) mass is 514 g/mol. The SMILES string of the molecule is N#Cc1cnc(NCc2ccc(I)cc2)nc1NC[C@]12CC3C[C@H](C1)[C@@H](N)[C@@H](C3)C2. The molecule has 4 N–H and O–H groups in total. The highest BCUT2D eigenvalue weighted by atomic mass is 127. The van der Waals surface area contributed by atoms with Crippen molar-refractivity contribution in [3.63, 3.8) is 0 Å². The summed E-state index contributed by atoms with van der Waals surface area (Å²) in [7, 11) is 0. The Bertz CT molecular complexity index is 953. The predicted octanol–water partition coefficient (Wildman–Crippen LogP) is 4.13. The lowest BCUT2D eigenvalue weighted by Gasteiger charge is -2.59. The van der Waals surface area contributed by atoms with Crippen molar-refractivity contribution in [2.75, 3.05) is 17.2 Å². The quantitative estimate of drug-likeness (QED) is 0.502. The first-order valence-electron chi connectivity index (χ1n) is 10.8. The van der Waals surface area contributed by atoms with Gasteiger partial charge in [-0.2, -0.15) is 10.2 Å². The molecule has 4 aliphatic carbocycles. The third kappa shape index (κ3) is 3.87. The van der Waals surface area contributed by atoms with E-state index in [0.29, 0.717) is 47.2 Å². The van der Waals surface area contributed by atoms with Crippen LogP contribution >= 0.6 is 22.6 Å². The maximum absolute atomic E-state index is 9.53. The van der Waals surface area contributed by atoms with Crippen LogP contribution in [0.5, 0.6) is 0 Å². The number of anilines is 2. The summed E-state index contributed by atoms with van der Waals surface area (Å²) < 4.78 is 1.21. The molecule has 6 nitrogen and oxygen atoms in total. The highest BCUT2D eigenvalue weighted by Gasteiger charge is 2.54. The Morgan fingerprint density at radius 1 is 1.13 bits per heavy atom. The molecule has 6 rings (SSSR count). The smallest absolute Gasteiger partial charge is 0.224 e. The van der Waals surface area contributed by atoms with Crippen LogP contribution in [0.3, 0.4) is 0 Å². The van der Waals surface area contributed by atoms with Crippen molar-refractivity contribution in [2.24, 2.45) is 28.9 Å². The van der Waals surface area contributed by atoms with Crippen LogP contribution in [0.2, 0.25) is 0 Å². The molecule has 156 valence electrons. The van der Waals surface area contributed by atoms with Gasteiger partial charge in [0.05, 0.1) is 6.20 Å². The van der Waals surface area contributed by atoms with Gasteiger partial charge in [-0.1, -0.05) is 12.1 Å². The van der Waals surface area contributed by atoms with E-state index < -0.39 is 0 Å². The van der Waals surface area contributed by atoms with Crippen LogP contribution < -0.4 is 16.4 Å². The minimum Gasteiger partial charge on any atom is -0.368 e. The molecule has 0 aliphatic heterocycles. The molecule has 2 aromatic rings. The largest absolute Gasteiger partial charge is 0.368 e. The van der Waals surface area contributed by atoms with Gasteiger partial charge in [-0.05, 0) is 95.6 Å². The lowest BCUT2D eigenvalue weighted by molar-refractivity contribution is -0.0591. The number of hydrogen-bond acceptors (Lipinski definition) is 6. The number of hydrogen-bond donors (Lipinski definition) is 3. The Hall–Kier alpha value is -1.92. The third-order valence-corrected chi connectivity index (χ3v) is 8.10. The van der Waals surface area contributed by atoms with Gasteiger partial charge in [0, 0.05) is 22.7 Å². The Balaban J connectivity index is 1.28. The number of aromatic nitrogens is 2. The summed E-state index contributed by atoms with van der Waals surface area (Å²) in [6.07, 6.45) is 7.93. The number of benzene rings is 1. The molecule has 1 aromatic carbocycles. The van der Waals surface area contributed by atoms with Crippen LogP contribution in [-0.4, -0.2) is 22.6 Å². The van der Waals surface area contributed by atoms with E-state index >= 15 is 0 Å². The molecule has 1 aromatic heterocycles. The summed E-state index contributed by atoms with van der Waals surface area (Å²) in [6, 6.07) is 11.0. The molecule has 7 heteroatoms.